The van der Waals surface area contributed by atoms with E-state index in [2.05, 4.69) is 51.1 Å². The molecule has 0 radical (unpaired) electrons. The molecule has 0 aliphatic rings. The molecule has 3 heteroatoms. The summed E-state index contributed by atoms with van der Waals surface area (Å²) in [4.78, 5) is 0. The molecule has 2 N–H and O–H groups in total. The molecule has 3 nitrogen and oxygen atoms in total. The lowest BCUT2D eigenvalue weighted by atomic mass is 10.0. The first kappa shape index (κ1) is 29.1. The van der Waals surface area contributed by atoms with Gasteiger partial charge in [0.25, 0.3) is 0 Å². The maximum atomic E-state index is 10.8. The highest BCUT2D eigenvalue weighted by molar-refractivity contribution is 5.13. The lowest BCUT2D eigenvalue weighted by molar-refractivity contribution is -0.946. The Morgan fingerprint density at radius 1 is 0.625 bits per heavy atom. The second-order valence-electron chi connectivity index (χ2n) is 10.1. The van der Waals surface area contributed by atoms with E-state index in [0.717, 1.165) is 56.3 Å². The molecule has 1 rings (SSSR count). The van der Waals surface area contributed by atoms with Gasteiger partial charge in [-0.3, -0.25) is 0 Å². The van der Waals surface area contributed by atoms with E-state index in [1.165, 1.54) is 69.8 Å². The van der Waals surface area contributed by atoms with E-state index in [4.69, 9.17) is 0 Å². The predicted molar refractivity (Wildman–Crippen MR) is 139 cm³/mol. The smallest absolute Gasteiger partial charge is 0.105 e. The van der Waals surface area contributed by atoms with Crippen molar-refractivity contribution in [3.63, 3.8) is 0 Å². The summed E-state index contributed by atoms with van der Waals surface area (Å²) in [7, 11) is 0. The van der Waals surface area contributed by atoms with Gasteiger partial charge in [0.05, 0.1) is 6.54 Å². The molecule has 0 aliphatic heterocycles. The molecule has 1 aromatic carbocycles. The highest BCUT2D eigenvalue weighted by atomic mass is 16.3. The third kappa shape index (κ3) is 13.6. The first-order chi connectivity index (χ1) is 15.5. The SMILES string of the molecule is CCCCCCCCCCCC[N+](Cc1ccccc1)(CC(O)CCC)CC(O)CCC. The molecule has 1 aromatic rings. The van der Waals surface area contributed by atoms with Gasteiger partial charge in [-0.15, -0.1) is 0 Å². The highest BCUT2D eigenvalue weighted by Gasteiger charge is 2.32. The first-order valence-electron chi connectivity index (χ1n) is 13.8. The van der Waals surface area contributed by atoms with Crippen molar-refractivity contribution in [3.05, 3.63) is 35.9 Å². The van der Waals surface area contributed by atoms with Crippen molar-refractivity contribution in [3.8, 4) is 0 Å². The van der Waals surface area contributed by atoms with Gasteiger partial charge in [-0.25, -0.2) is 0 Å². The first-order valence-corrected chi connectivity index (χ1v) is 13.8. The lowest BCUT2D eigenvalue weighted by Gasteiger charge is -2.42. The minimum atomic E-state index is -0.291. The van der Waals surface area contributed by atoms with Gasteiger partial charge in [0.1, 0.15) is 31.8 Å². The zero-order valence-electron chi connectivity index (χ0n) is 21.6. The fourth-order valence-electron chi connectivity index (χ4n) is 5.11. The Bertz CT molecular complexity index is 519. The summed E-state index contributed by atoms with van der Waals surface area (Å²) in [6.45, 7) is 10.0. The molecule has 0 saturated heterocycles. The molecule has 2 unspecified atom stereocenters. The zero-order valence-corrected chi connectivity index (χ0v) is 21.6. The normalized spacial score (nSPS) is 15.4. The number of aliphatic hydroxyl groups excluding tert-OH is 2. The molecule has 0 amide bonds. The Morgan fingerprint density at radius 2 is 1.09 bits per heavy atom. The number of quaternary nitrogens is 1. The summed E-state index contributed by atoms with van der Waals surface area (Å²) in [6.07, 6.45) is 16.5. The van der Waals surface area contributed by atoms with Crippen LogP contribution in [0, 0.1) is 0 Å². The van der Waals surface area contributed by atoms with Gasteiger partial charge in [-0.1, -0.05) is 115 Å². The van der Waals surface area contributed by atoms with Crippen LogP contribution in [0.4, 0.5) is 0 Å². The quantitative estimate of drug-likeness (QED) is 0.154. The summed E-state index contributed by atoms with van der Waals surface area (Å²) in [5.41, 5.74) is 1.31. The third-order valence-electron chi connectivity index (χ3n) is 6.79. The van der Waals surface area contributed by atoms with E-state index in [1.54, 1.807) is 0 Å². The van der Waals surface area contributed by atoms with Crippen LogP contribution in [-0.2, 0) is 6.54 Å². The molecule has 0 saturated carbocycles. The summed E-state index contributed by atoms with van der Waals surface area (Å²) >= 11 is 0. The molecular formula is C29H54NO2+. The van der Waals surface area contributed by atoms with Gasteiger partial charge < -0.3 is 14.7 Å². The highest BCUT2D eigenvalue weighted by Crippen LogP contribution is 2.22. The number of hydrogen-bond donors (Lipinski definition) is 2. The molecule has 0 aromatic heterocycles. The fraction of sp³-hybridized carbons (Fsp3) is 0.793. The number of unbranched alkanes of at least 4 members (excludes halogenated alkanes) is 9. The van der Waals surface area contributed by atoms with Crippen molar-refractivity contribution < 1.29 is 14.7 Å². The van der Waals surface area contributed by atoms with Crippen molar-refractivity contribution in [2.45, 2.75) is 129 Å². The van der Waals surface area contributed by atoms with E-state index >= 15 is 0 Å². The Labute approximate surface area is 199 Å². The van der Waals surface area contributed by atoms with E-state index in [0.29, 0.717) is 0 Å². The zero-order chi connectivity index (χ0) is 23.5. The van der Waals surface area contributed by atoms with Crippen LogP contribution in [0.5, 0.6) is 0 Å². The molecule has 0 spiro atoms. The van der Waals surface area contributed by atoms with E-state index in [9.17, 15) is 10.2 Å². The van der Waals surface area contributed by atoms with Gasteiger partial charge in [-0.2, -0.15) is 0 Å². The van der Waals surface area contributed by atoms with Crippen molar-refractivity contribution in [1.82, 2.24) is 0 Å². The van der Waals surface area contributed by atoms with Crippen molar-refractivity contribution in [2.75, 3.05) is 19.6 Å². The van der Waals surface area contributed by atoms with Crippen molar-refractivity contribution in [2.24, 2.45) is 0 Å². The fourth-order valence-corrected chi connectivity index (χ4v) is 5.11. The van der Waals surface area contributed by atoms with Gasteiger partial charge in [-0.05, 0) is 25.7 Å². The minimum absolute atomic E-state index is 0.291. The largest absolute Gasteiger partial charge is 0.387 e. The molecule has 0 bridgehead atoms. The standard InChI is InChI=1S/C29H54NO2/c1-4-7-8-9-10-11-12-13-14-18-23-30(25-28(31)19-5-2,26-29(32)20-6-3)24-27-21-16-15-17-22-27/h15-17,21-22,28-29,31-32H,4-14,18-20,23-26H2,1-3H3/q+1. The number of nitrogens with zero attached hydrogens (tertiary/aromatic N) is 1. The van der Waals surface area contributed by atoms with Gasteiger partial charge in [0.15, 0.2) is 0 Å². The van der Waals surface area contributed by atoms with E-state index in [1.807, 2.05) is 0 Å². The second kappa shape index (κ2) is 18.5. The lowest BCUT2D eigenvalue weighted by Crippen LogP contribution is -2.55. The number of benzene rings is 1. The maximum absolute atomic E-state index is 10.8. The van der Waals surface area contributed by atoms with Gasteiger partial charge >= 0.3 is 0 Å². The molecular weight excluding hydrogens is 394 g/mol. The average molecular weight is 449 g/mol. The van der Waals surface area contributed by atoms with E-state index in [-0.39, 0.29) is 12.2 Å². The topological polar surface area (TPSA) is 40.5 Å². The third-order valence-corrected chi connectivity index (χ3v) is 6.79. The summed E-state index contributed by atoms with van der Waals surface area (Å²) in [6, 6.07) is 10.7. The van der Waals surface area contributed by atoms with Crippen LogP contribution >= 0.6 is 0 Å². The number of rotatable bonds is 21. The number of aliphatic hydroxyl groups is 2. The monoisotopic (exact) mass is 448 g/mol. The van der Waals surface area contributed by atoms with Crippen LogP contribution in [-0.4, -0.2) is 46.5 Å². The Balaban J connectivity index is 2.68. The van der Waals surface area contributed by atoms with Crippen LogP contribution in [0.15, 0.2) is 30.3 Å². The van der Waals surface area contributed by atoms with Crippen LogP contribution in [0.2, 0.25) is 0 Å². The Morgan fingerprint density at radius 3 is 1.56 bits per heavy atom. The molecule has 0 aliphatic carbocycles. The Hall–Kier alpha value is -0.900. The Kier molecular flexibility index (Phi) is 16.9. The molecule has 186 valence electrons. The van der Waals surface area contributed by atoms with Crippen LogP contribution in [0.1, 0.15) is 116 Å². The van der Waals surface area contributed by atoms with Gasteiger partial charge in [0.2, 0.25) is 0 Å². The molecule has 0 heterocycles. The molecule has 0 fully saturated rings. The number of hydrogen-bond acceptors (Lipinski definition) is 2. The van der Waals surface area contributed by atoms with Crippen molar-refractivity contribution in [1.29, 1.82) is 0 Å². The van der Waals surface area contributed by atoms with Crippen LogP contribution < -0.4 is 0 Å². The van der Waals surface area contributed by atoms with Gasteiger partial charge in [0, 0.05) is 5.56 Å². The minimum Gasteiger partial charge on any atom is -0.387 e. The second-order valence-corrected chi connectivity index (χ2v) is 10.1. The summed E-state index contributed by atoms with van der Waals surface area (Å²) in [5, 5.41) is 21.5. The van der Waals surface area contributed by atoms with Crippen LogP contribution in [0.3, 0.4) is 0 Å². The summed E-state index contributed by atoms with van der Waals surface area (Å²) < 4.78 is 0.809. The summed E-state index contributed by atoms with van der Waals surface area (Å²) in [5.74, 6) is 0. The molecule has 32 heavy (non-hydrogen) atoms. The molecule has 2 atom stereocenters. The maximum Gasteiger partial charge on any atom is 0.105 e. The van der Waals surface area contributed by atoms with Crippen molar-refractivity contribution >= 4 is 0 Å². The average Bonchev–Trinajstić information content (AvgIpc) is 2.76. The van der Waals surface area contributed by atoms with Crippen LogP contribution in [0.25, 0.3) is 0 Å². The predicted octanol–water partition coefficient (Wildman–Crippen LogP) is 7.25. The van der Waals surface area contributed by atoms with E-state index < -0.39 is 0 Å².